The van der Waals surface area contributed by atoms with Crippen molar-refractivity contribution in [2.45, 2.75) is 6.92 Å². The van der Waals surface area contributed by atoms with E-state index in [1.807, 2.05) is 6.92 Å². The number of ether oxygens (including phenoxy) is 1. The first kappa shape index (κ1) is 19.6. The lowest BCUT2D eigenvalue weighted by Gasteiger charge is -2.12. The molecule has 0 atom stereocenters. The highest BCUT2D eigenvalue weighted by atomic mass is 16.5. The number of hydrogen-bond donors (Lipinski definition) is 2. The second-order valence-electron chi connectivity index (χ2n) is 6.07. The van der Waals surface area contributed by atoms with Crippen LogP contribution in [0.1, 0.15) is 33.2 Å². The molecule has 3 aromatic rings. The molecule has 6 nitrogen and oxygen atoms in total. The van der Waals surface area contributed by atoms with Crippen LogP contribution >= 0.6 is 0 Å². The van der Waals surface area contributed by atoms with Crippen LogP contribution in [0.5, 0.6) is 5.75 Å². The molecule has 2 amide bonds. The molecule has 144 valence electrons. The minimum Gasteiger partial charge on any atom is -0.494 e. The topological polar surface area (TPSA) is 91.2 Å². The quantitative estimate of drug-likeness (QED) is 0.655. The highest BCUT2D eigenvalue weighted by molar-refractivity contribution is 6.03. The maximum atomic E-state index is 12.7. The SMILES string of the molecule is CCOc1ccc(C(=O)NNC(=O)c2ccccc2-c2ccccc2C#N)cc1. The van der Waals surface area contributed by atoms with Crippen LogP contribution in [-0.4, -0.2) is 18.4 Å². The van der Waals surface area contributed by atoms with Gasteiger partial charge in [0.1, 0.15) is 5.75 Å². The third-order valence-electron chi connectivity index (χ3n) is 4.23. The van der Waals surface area contributed by atoms with Gasteiger partial charge in [-0.1, -0.05) is 36.4 Å². The Hall–Kier alpha value is -4.11. The molecule has 0 radical (unpaired) electrons. The van der Waals surface area contributed by atoms with Crippen LogP contribution in [0.25, 0.3) is 11.1 Å². The van der Waals surface area contributed by atoms with E-state index in [4.69, 9.17) is 4.74 Å². The Bertz CT molecular complexity index is 1070. The average molecular weight is 385 g/mol. The number of hydrogen-bond acceptors (Lipinski definition) is 4. The fourth-order valence-corrected chi connectivity index (χ4v) is 2.85. The molecule has 6 heteroatoms. The van der Waals surface area contributed by atoms with E-state index in [2.05, 4.69) is 16.9 Å². The summed E-state index contributed by atoms with van der Waals surface area (Å²) in [6.45, 7) is 2.42. The zero-order valence-electron chi connectivity index (χ0n) is 15.8. The van der Waals surface area contributed by atoms with Crippen molar-refractivity contribution in [3.05, 3.63) is 89.5 Å². The number of benzene rings is 3. The van der Waals surface area contributed by atoms with Crippen LogP contribution in [0, 0.1) is 11.3 Å². The van der Waals surface area contributed by atoms with Crippen LogP contribution in [-0.2, 0) is 0 Å². The van der Waals surface area contributed by atoms with E-state index in [0.29, 0.717) is 40.2 Å². The van der Waals surface area contributed by atoms with Crippen LogP contribution < -0.4 is 15.6 Å². The number of nitrogens with one attached hydrogen (secondary N) is 2. The van der Waals surface area contributed by atoms with Crippen molar-refractivity contribution in [1.82, 2.24) is 10.9 Å². The van der Waals surface area contributed by atoms with E-state index in [-0.39, 0.29) is 0 Å². The summed E-state index contributed by atoms with van der Waals surface area (Å²) in [5.41, 5.74) is 7.30. The second-order valence-corrected chi connectivity index (χ2v) is 6.07. The van der Waals surface area contributed by atoms with Crippen molar-refractivity contribution in [3.63, 3.8) is 0 Å². The molecule has 0 unspecified atom stereocenters. The number of nitrogens with zero attached hydrogens (tertiary/aromatic N) is 1. The second kappa shape index (κ2) is 9.20. The van der Waals surface area contributed by atoms with Gasteiger partial charge in [0.2, 0.25) is 0 Å². The molecule has 0 aromatic heterocycles. The van der Waals surface area contributed by atoms with Crippen LogP contribution in [0.15, 0.2) is 72.8 Å². The van der Waals surface area contributed by atoms with Crippen molar-refractivity contribution in [3.8, 4) is 22.9 Å². The molecule has 3 aromatic carbocycles. The summed E-state index contributed by atoms with van der Waals surface area (Å²) in [4.78, 5) is 25.0. The number of nitriles is 1. The standard InChI is InChI=1S/C23H19N3O3/c1-2-29-18-13-11-16(12-14-18)22(27)25-26-23(28)21-10-6-5-9-20(21)19-8-4-3-7-17(19)15-24/h3-14H,2H2,1H3,(H,25,27)(H,26,28). The molecule has 0 aliphatic carbocycles. The van der Waals surface area contributed by atoms with Gasteiger partial charge < -0.3 is 4.74 Å². The number of rotatable bonds is 5. The summed E-state index contributed by atoms with van der Waals surface area (Å²) >= 11 is 0. The molecule has 0 aliphatic heterocycles. The lowest BCUT2D eigenvalue weighted by molar-refractivity contribution is 0.0847. The van der Waals surface area contributed by atoms with E-state index in [1.165, 1.54) is 0 Å². The van der Waals surface area contributed by atoms with Gasteiger partial charge >= 0.3 is 0 Å². The highest BCUT2D eigenvalue weighted by Crippen LogP contribution is 2.26. The Balaban J connectivity index is 1.75. The summed E-state index contributed by atoms with van der Waals surface area (Å²) < 4.78 is 5.35. The molecule has 0 spiro atoms. The molecule has 0 bridgehead atoms. The molecule has 0 aliphatic rings. The molecule has 2 N–H and O–H groups in total. The number of hydrazine groups is 1. The Morgan fingerprint density at radius 1 is 0.862 bits per heavy atom. The first-order chi connectivity index (χ1) is 14.1. The third kappa shape index (κ3) is 4.60. The van der Waals surface area contributed by atoms with Gasteiger partial charge in [-0.3, -0.25) is 20.4 Å². The van der Waals surface area contributed by atoms with Gasteiger partial charge in [-0.15, -0.1) is 0 Å². The van der Waals surface area contributed by atoms with Gasteiger partial charge in [0.05, 0.1) is 18.2 Å². The fraction of sp³-hybridized carbons (Fsp3) is 0.0870. The van der Waals surface area contributed by atoms with Gasteiger partial charge in [-0.2, -0.15) is 5.26 Å². The number of carbonyl (C=O) groups is 2. The Morgan fingerprint density at radius 2 is 1.48 bits per heavy atom. The van der Waals surface area contributed by atoms with Crippen LogP contribution in [0.2, 0.25) is 0 Å². The van der Waals surface area contributed by atoms with E-state index in [0.717, 1.165) is 0 Å². The molecule has 3 rings (SSSR count). The van der Waals surface area contributed by atoms with Gasteiger partial charge in [0, 0.05) is 16.7 Å². The predicted molar refractivity (Wildman–Crippen MR) is 109 cm³/mol. The van der Waals surface area contributed by atoms with Crippen molar-refractivity contribution in [2.24, 2.45) is 0 Å². The van der Waals surface area contributed by atoms with Crippen molar-refractivity contribution in [1.29, 1.82) is 5.26 Å². The summed E-state index contributed by atoms with van der Waals surface area (Å²) in [5, 5.41) is 9.35. The largest absolute Gasteiger partial charge is 0.494 e. The molecule has 0 saturated carbocycles. The monoisotopic (exact) mass is 385 g/mol. The van der Waals surface area contributed by atoms with Gasteiger partial charge in [0.25, 0.3) is 11.8 Å². The van der Waals surface area contributed by atoms with E-state index in [1.54, 1.807) is 72.8 Å². The highest BCUT2D eigenvalue weighted by Gasteiger charge is 2.15. The van der Waals surface area contributed by atoms with Gasteiger partial charge in [0.15, 0.2) is 0 Å². The van der Waals surface area contributed by atoms with Gasteiger partial charge in [-0.25, -0.2) is 0 Å². The minimum atomic E-state index is -0.479. The zero-order chi connectivity index (χ0) is 20.6. The van der Waals surface area contributed by atoms with Crippen molar-refractivity contribution in [2.75, 3.05) is 6.61 Å². The molecule has 0 fully saturated rings. The Kier molecular flexibility index (Phi) is 6.23. The summed E-state index contributed by atoms with van der Waals surface area (Å²) in [6.07, 6.45) is 0. The minimum absolute atomic E-state index is 0.349. The zero-order valence-corrected chi connectivity index (χ0v) is 15.8. The van der Waals surface area contributed by atoms with Gasteiger partial charge in [-0.05, 0) is 48.9 Å². The van der Waals surface area contributed by atoms with E-state index >= 15 is 0 Å². The van der Waals surface area contributed by atoms with Crippen LogP contribution in [0.3, 0.4) is 0 Å². The fourth-order valence-electron chi connectivity index (χ4n) is 2.85. The molecular weight excluding hydrogens is 366 g/mol. The van der Waals surface area contributed by atoms with E-state index in [9.17, 15) is 14.9 Å². The maximum Gasteiger partial charge on any atom is 0.270 e. The molecular formula is C23H19N3O3. The number of carbonyl (C=O) groups excluding carboxylic acids is 2. The average Bonchev–Trinajstić information content (AvgIpc) is 2.78. The first-order valence-electron chi connectivity index (χ1n) is 9.06. The predicted octanol–water partition coefficient (Wildman–Crippen LogP) is 3.70. The normalized spacial score (nSPS) is 9.93. The Labute approximate surface area is 168 Å². The summed E-state index contributed by atoms with van der Waals surface area (Å²) in [6, 6.07) is 22.7. The first-order valence-corrected chi connectivity index (χ1v) is 9.06. The summed E-state index contributed by atoms with van der Waals surface area (Å²) in [5.74, 6) is -0.262. The molecule has 0 heterocycles. The van der Waals surface area contributed by atoms with Crippen molar-refractivity contribution >= 4 is 11.8 Å². The third-order valence-corrected chi connectivity index (χ3v) is 4.23. The molecule has 29 heavy (non-hydrogen) atoms. The lowest BCUT2D eigenvalue weighted by atomic mass is 9.95. The summed E-state index contributed by atoms with van der Waals surface area (Å²) in [7, 11) is 0. The van der Waals surface area contributed by atoms with Crippen molar-refractivity contribution < 1.29 is 14.3 Å². The lowest BCUT2D eigenvalue weighted by Crippen LogP contribution is -2.41. The maximum absolute atomic E-state index is 12.7. The Morgan fingerprint density at radius 3 is 2.17 bits per heavy atom. The smallest absolute Gasteiger partial charge is 0.270 e. The van der Waals surface area contributed by atoms with Crippen LogP contribution in [0.4, 0.5) is 0 Å². The number of amides is 2. The van der Waals surface area contributed by atoms with E-state index < -0.39 is 11.8 Å². The molecule has 0 saturated heterocycles.